The Bertz CT molecular complexity index is 2020. The second-order valence-corrected chi connectivity index (χ2v) is 21.8. The highest BCUT2D eigenvalue weighted by molar-refractivity contribution is 5.97. The maximum absolute atomic E-state index is 14.6. The molecule has 68 heavy (non-hydrogen) atoms. The van der Waals surface area contributed by atoms with Crippen LogP contribution in [0.3, 0.4) is 0 Å². The Balaban J connectivity index is 2.74. The van der Waals surface area contributed by atoms with Crippen molar-refractivity contribution in [1.29, 1.82) is 0 Å². The number of nitrogens with zero attached hydrogens (tertiary/aromatic N) is 2. The first-order valence-corrected chi connectivity index (χ1v) is 22.8. The Morgan fingerprint density at radius 2 is 0.985 bits per heavy atom. The minimum absolute atomic E-state index is 0.0110. The Labute approximate surface area is 399 Å². The smallest absolute Gasteiger partial charge is 0.415 e. The van der Waals surface area contributed by atoms with E-state index in [-0.39, 0.29) is 56.8 Å². The minimum Gasteiger partial charge on any atom is -0.459 e. The number of H-pyrrole nitrogens is 1. The zero-order valence-corrected chi connectivity index (χ0v) is 42.7. The van der Waals surface area contributed by atoms with Crippen molar-refractivity contribution in [3.05, 3.63) is 10.4 Å². The lowest BCUT2D eigenvalue weighted by molar-refractivity contribution is -0.184. The Kier molecular flexibility index (Phi) is 20.0. The van der Waals surface area contributed by atoms with E-state index in [4.69, 9.17) is 50.4 Å². The molecule has 1 aromatic rings. The summed E-state index contributed by atoms with van der Waals surface area (Å²) in [5, 5.41) is 2.96. The topological polar surface area (TPSA) is 323 Å². The van der Waals surface area contributed by atoms with Gasteiger partial charge >= 0.3 is 47.5 Å². The van der Waals surface area contributed by atoms with E-state index in [1.54, 1.807) is 104 Å². The molecule has 1 aromatic heterocycles. The number of nitrogens with two attached hydrogens (primary N) is 3. The second-order valence-electron chi connectivity index (χ2n) is 21.8. The monoisotopic (exact) mass is 968 g/mol. The number of nitrogen functional groups attached to an aromatic ring is 1. The summed E-state index contributed by atoms with van der Waals surface area (Å²) in [6.45, 7) is 25.4. The normalized spacial score (nSPS) is 17.1. The lowest BCUT2D eigenvalue weighted by Crippen LogP contribution is -2.60. The zero-order valence-electron chi connectivity index (χ0n) is 42.7. The molecule has 0 saturated carbocycles. The van der Waals surface area contributed by atoms with Gasteiger partial charge in [-0.2, -0.15) is 4.98 Å². The molecule has 2 rings (SSSR count). The van der Waals surface area contributed by atoms with Gasteiger partial charge in [0.05, 0.1) is 6.04 Å². The minimum atomic E-state index is -1.74. The molecule has 0 radical (unpaired) electrons. The van der Waals surface area contributed by atoms with Gasteiger partial charge in [0.15, 0.2) is 23.6 Å². The average molecular weight is 968 g/mol. The number of fused-ring (bicyclic) bond motifs is 1. The molecular weight excluding hydrogens is 891 g/mol. The van der Waals surface area contributed by atoms with Crippen molar-refractivity contribution >= 4 is 59.4 Å². The van der Waals surface area contributed by atoms with Crippen LogP contribution in [-0.2, 0) is 61.9 Å². The van der Waals surface area contributed by atoms with Crippen LogP contribution in [0.25, 0.3) is 0 Å². The van der Waals surface area contributed by atoms with Gasteiger partial charge in [-0.15, -0.1) is 0 Å². The molecule has 22 heteroatoms. The van der Waals surface area contributed by atoms with Crippen molar-refractivity contribution in [3.63, 3.8) is 0 Å². The molecule has 0 saturated heterocycles. The number of hydrogen-bond donors (Lipinski definition) is 5. The molecule has 0 aromatic carbocycles. The molecule has 7 atom stereocenters. The van der Waals surface area contributed by atoms with E-state index in [2.05, 4.69) is 15.3 Å². The summed E-state index contributed by atoms with van der Waals surface area (Å²) in [5.74, 6) is -9.29. The standard InChI is InChI=1S/C46H77N7O15/c1-24(62-34(55)25(36(57)64-42(2,3)4)19-17-21-27(47)38(59)66-44(8,9)10)31(29-23-50-32-30(33(54)52-40(49)51-32)53(29)41(61)68-46(14,15)16)63-35(56)26(37(58)65-43(5,6)7)20-18-22-28(48)39(60)67-45(11,12)13/h24-29,31H,17-23,47-48H2,1-16H3,(H4,49,50,51,52,54). The maximum Gasteiger partial charge on any atom is 0.415 e. The van der Waals surface area contributed by atoms with Gasteiger partial charge in [-0.25, -0.2) is 4.79 Å². The predicted molar refractivity (Wildman–Crippen MR) is 250 cm³/mol. The Morgan fingerprint density at radius 3 is 1.38 bits per heavy atom. The molecule has 1 aliphatic rings. The van der Waals surface area contributed by atoms with E-state index < -0.39 is 123 Å². The molecule has 2 heterocycles. The van der Waals surface area contributed by atoms with Crippen LogP contribution < -0.4 is 33.0 Å². The van der Waals surface area contributed by atoms with Crippen molar-refractivity contribution in [3.8, 4) is 0 Å². The number of nitrogens with one attached hydrogen (secondary N) is 2. The van der Waals surface area contributed by atoms with E-state index in [9.17, 15) is 38.4 Å². The van der Waals surface area contributed by atoms with Gasteiger partial charge in [0, 0.05) is 6.54 Å². The van der Waals surface area contributed by atoms with Gasteiger partial charge in [0.2, 0.25) is 5.95 Å². The highest BCUT2D eigenvalue weighted by atomic mass is 16.6. The number of esters is 6. The zero-order chi connectivity index (χ0) is 52.5. The summed E-state index contributed by atoms with van der Waals surface area (Å²) in [4.78, 5) is 117. The number of amides is 1. The summed E-state index contributed by atoms with van der Waals surface area (Å²) < 4.78 is 39.8. The third kappa shape index (κ3) is 19.6. The van der Waals surface area contributed by atoms with Crippen LogP contribution >= 0.6 is 0 Å². The number of carbonyl (C=O) groups excluding carboxylic acids is 7. The fraction of sp³-hybridized carbons (Fsp3) is 0.761. The Hall–Kier alpha value is -5.51. The number of hydrogen-bond acceptors (Lipinski definition) is 20. The summed E-state index contributed by atoms with van der Waals surface area (Å²) in [7, 11) is 0. The first-order valence-electron chi connectivity index (χ1n) is 22.8. The first-order chi connectivity index (χ1) is 30.8. The molecule has 8 N–H and O–H groups in total. The number of aromatic amines is 1. The molecule has 0 spiro atoms. The van der Waals surface area contributed by atoms with Crippen LogP contribution in [0.5, 0.6) is 0 Å². The van der Waals surface area contributed by atoms with Crippen LogP contribution in [0, 0.1) is 11.8 Å². The van der Waals surface area contributed by atoms with Crippen molar-refractivity contribution < 1.29 is 66.7 Å². The molecule has 0 aliphatic carbocycles. The van der Waals surface area contributed by atoms with Crippen LogP contribution in [0.1, 0.15) is 149 Å². The molecule has 1 amide bonds. The van der Waals surface area contributed by atoms with Gasteiger partial charge in [0.1, 0.15) is 52.0 Å². The van der Waals surface area contributed by atoms with E-state index in [1.807, 2.05) is 0 Å². The van der Waals surface area contributed by atoms with Crippen LogP contribution in [0.2, 0.25) is 0 Å². The van der Waals surface area contributed by atoms with Crippen molar-refractivity contribution in [2.45, 2.75) is 208 Å². The molecular formula is C46H77N7O15. The summed E-state index contributed by atoms with van der Waals surface area (Å²) >= 11 is 0. The van der Waals surface area contributed by atoms with Gasteiger partial charge in [0.25, 0.3) is 0 Å². The number of carbonyl (C=O) groups is 7. The third-order valence-corrected chi connectivity index (χ3v) is 9.35. The van der Waals surface area contributed by atoms with Crippen molar-refractivity contribution in [2.24, 2.45) is 23.3 Å². The number of anilines is 3. The third-order valence-electron chi connectivity index (χ3n) is 9.35. The van der Waals surface area contributed by atoms with Gasteiger partial charge in [-0.1, -0.05) is 0 Å². The summed E-state index contributed by atoms with van der Waals surface area (Å²) in [6.07, 6.45) is -4.80. The van der Waals surface area contributed by atoms with Crippen LogP contribution in [-0.4, -0.2) is 117 Å². The van der Waals surface area contributed by atoms with Gasteiger partial charge < -0.3 is 60.7 Å². The van der Waals surface area contributed by atoms with Crippen LogP contribution in [0.4, 0.5) is 22.2 Å². The largest absolute Gasteiger partial charge is 0.459 e. The van der Waals surface area contributed by atoms with E-state index in [0.29, 0.717) is 0 Å². The number of rotatable bonds is 18. The summed E-state index contributed by atoms with van der Waals surface area (Å²) in [6, 6.07) is -3.66. The number of aromatic nitrogens is 2. The molecule has 0 fully saturated rings. The van der Waals surface area contributed by atoms with Crippen LogP contribution in [0.15, 0.2) is 4.79 Å². The first kappa shape index (κ1) is 58.6. The molecule has 386 valence electrons. The van der Waals surface area contributed by atoms with Crippen molar-refractivity contribution in [1.82, 2.24) is 9.97 Å². The Morgan fingerprint density at radius 1 is 0.603 bits per heavy atom. The molecule has 1 aliphatic heterocycles. The van der Waals surface area contributed by atoms with E-state index in [1.165, 1.54) is 6.92 Å². The fourth-order valence-corrected chi connectivity index (χ4v) is 6.62. The van der Waals surface area contributed by atoms with Gasteiger partial charge in [-0.3, -0.25) is 38.5 Å². The average Bonchev–Trinajstić information content (AvgIpc) is 3.12. The maximum atomic E-state index is 14.6. The number of ether oxygens (including phenoxy) is 7. The fourth-order valence-electron chi connectivity index (χ4n) is 6.62. The van der Waals surface area contributed by atoms with Crippen molar-refractivity contribution in [2.75, 3.05) is 22.5 Å². The quantitative estimate of drug-likeness (QED) is 0.0776. The summed E-state index contributed by atoms with van der Waals surface area (Å²) in [5.41, 5.74) is 11.8. The lowest BCUT2D eigenvalue weighted by atomic mass is 9.97. The molecule has 22 nitrogen and oxygen atoms in total. The SMILES string of the molecule is CC(OC(=O)C(CCCC(N)C(=O)OC(C)(C)C)C(=O)OC(C)(C)C)C(OC(=O)C(CCCC(N)C(=O)OC(C)(C)C)C(=O)OC(C)(C)C)C1CNc2[nH]c(N)nc(=O)c2N1C(=O)OC(C)(C)C. The highest BCUT2D eigenvalue weighted by Gasteiger charge is 2.48. The second kappa shape index (κ2) is 23.2. The van der Waals surface area contributed by atoms with Gasteiger partial charge in [-0.05, 0) is 149 Å². The van der Waals surface area contributed by atoms with E-state index >= 15 is 0 Å². The molecule has 0 bridgehead atoms. The lowest BCUT2D eigenvalue weighted by Gasteiger charge is -2.42. The predicted octanol–water partition coefficient (Wildman–Crippen LogP) is 4.33. The van der Waals surface area contributed by atoms with E-state index in [0.717, 1.165) is 4.90 Å². The highest BCUT2D eigenvalue weighted by Crippen LogP contribution is 2.33. The molecule has 7 unspecified atom stereocenters.